The largest absolute Gasteiger partial charge is 0.493 e. The molecule has 0 bridgehead atoms. The second kappa shape index (κ2) is 16.0. The van der Waals surface area contributed by atoms with Crippen molar-refractivity contribution in [2.75, 3.05) is 18.1 Å². The number of hydrogen-bond donors (Lipinski definition) is 0. The van der Waals surface area contributed by atoms with Crippen molar-refractivity contribution in [3.8, 4) is 11.5 Å². The van der Waals surface area contributed by atoms with Gasteiger partial charge in [0, 0.05) is 17.1 Å². The van der Waals surface area contributed by atoms with Gasteiger partial charge in [-0.05, 0) is 85.3 Å². The zero-order valence-electron chi connectivity index (χ0n) is 23.5. The van der Waals surface area contributed by atoms with Crippen molar-refractivity contribution < 1.29 is 9.47 Å². The summed E-state index contributed by atoms with van der Waals surface area (Å²) in [7, 11) is 0. The Morgan fingerprint density at radius 2 is 0.946 bits per heavy atom. The van der Waals surface area contributed by atoms with Gasteiger partial charge in [0.1, 0.15) is 11.5 Å². The number of unbranched alkanes of at least 4 members (excludes halogenated alkanes) is 2. The van der Waals surface area contributed by atoms with Crippen molar-refractivity contribution >= 4 is 17.1 Å². The second-order valence-corrected chi connectivity index (χ2v) is 10.1. The summed E-state index contributed by atoms with van der Waals surface area (Å²) in [6, 6.07) is 27.5. The summed E-state index contributed by atoms with van der Waals surface area (Å²) in [5, 5.41) is 0. The standard InChI is InChI=1S/C34H47NO2/c1-5-9-14-28(7-3)26-36-33-22-18-31(19-23-33)35(30-16-12-11-13-17-30)32-20-24-34(25-21-32)37-27-29(8-4)15-10-6-2/h11-13,16-25,28-29H,5-10,14-15,26-27H2,1-4H3. The van der Waals surface area contributed by atoms with Crippen LogP contribution < -0.4 is 14.4 Å². The summed E-state index contributed by atoms with van der Waals surface area (Å²) in [6.45, 7) is 10.6. The Labute approximate surface area is 225 Å². The van der Waals surface area contributed by atoms with Gasteiger partial charge in [-0.2, -0.15) is 0 Å². The average molecular weight is 502 g/mol. The predicted octanol–water partition coefficient (Wildman–Crippen LogP) is 10.3. The van der Waals surface area contributed by atoms with E-state index in [4.69, 9.17) is 9.47 Å². The minimum absolute atomic E-state index is 0.625. The quantitative estimate of drug-likeness (QED) is 0.184. The molecule has 0 aromatic heterocycles. The molecule has 0 radical (unpaired) electrons. The summed E-state index contributed by atoms with van der Waals surface area (Å²) >= 11 is 0. The van der Waals surface area contributed by atoms with Crippen LogP contribution in [0.15, 0.2) is 78.9 Å². The maximum atomic E-state index is 6.16. The van der Waals surface area contributed by atoms with E-state index in [9.17, 15) is 0 Å². The van der Waals surface area contributed by atoms with Gasteiger partial charge in [0.25, 0.3) is 0 Å². The molecule has 0 saturated heterocycles. The summed E-state index contributed by atoms with van der Waals surface area (Å²) in [5.41, 5.74) is 3.34. The first-order chi connectivity index (χ1) is 18.2. The fourth-order valence-corrected chi connectivity index (χ4v) is 4.63. The third-order valence-corrected chi connectivity index (χ3v) is 7.26. The van der Waals surface area contributed by atoms with Crippen molar-refractivity contribution in [1.29, 1.82) is 0 Å². The smallest absolute Gasteiger partial charge is 0.119 e. The van der Waals surface area contributed by atoms with Gasteiger partial charge in [-0.1, -0.05) is 84.4 Å². The number of para-hydroxylation sites is 1. The normalized spacial score (nSPS) is 12.6. The van der Waals surface area contributed by atoms with E-state index >= 15 is 0 Å². The van der Waals surface area contributed by atoms with E-state index in [1.165, 1.54) is 38.5 Å². The number of anilines is 3. The molecule has 0 spiro atoms. The number of rotatable bonds is 17. The fraction of sp³-hybridized carbons (Fsp3) is 0.471. The maximum Gasteiger partial charge on any atom is 0.119 e. The fourth-order valence-electron chi connectivity index (χ4n) is 4.63. The van der Waals surface area contributed by atoms with Crippen LogP contribution >= 0.6 is 0 Å². The van der Waals surface area contributed by atoms with E-state index in [2.05, 4.69) is 111 Å². The first-order valence-electron chi connectivity index (χ1n) is 14.5. The molecular weight excluding hydrogens is 454 g/mol. The lowest BCUT2D eigenvalue weighted by Crippen LogP contribution is -2.12. The van der Waals surface area contributed by atoms with E-state index in [1.54, 1.807) is 0 Å². The Balaban J connectivity index is 1.72. The van der Waals surface area contributed by atoms with E-state index in [0.717, 1.165) is 54.6 Å². The topological polar surface area (TPSA) is 21.7 Å². The summed E-state index contributed by atoms with van der Waals surface area (Å²) in [5.74, 6) is 3.12. The van der Waals surface area contributed by atoms with Crippen molar-refractivity contribution in [3.63, 3.8) is 0 Å². The molecule has 3 nitrogen and oxygen atoms in total. The van der Waals surface area contributed by atoms with Crippen molar-refractivity contribution in [2.45, 2.75) is 79.1 Å². The highest BCUT2D eigenvalue weighted by Crippen LogP contribution is 2.36. The Bertz CT molecular complexity index is 921. The average Bonchev–Trinajstić information content (AvgIpc) is 2.95. The van der Waals surface area contributed by atoms with Crippen LogP contribution in [0, 0.1) is 11.8 Å². The number of nitrogens with zero attached hydrogens (tertiary/aromatic N) is 1. The molecule has 3 aromatic carbocycles. The lowest BCUT2D eigenvalue weighted by atomic mass is 10.0. The Morgan fingerprint density at radius 1 is 0.541 bits per heavy atom. The number of benzene rings is 3. The SMILES string of the molecule is CCCCC(CC)COc1ccc(N(c2ccccc2)c2ccc(OCC(CC)CCCC)cc2)cc1. The highest BCUT2D eigenvalue weighted by atomic mass is 16.5. The van der Waals surface area contributed by atoms with Crippen LogP contribution in [0.1, 0.15) is 79.1 Å². The van der Waals surface area contributed by atoms with Crippen LogP contribution in [-0.4, -0.2) is 13.2 Å². The zero-order chi connectivity index (χ0) is 26.3. The van der Waals surface area contributed by atoms with E-state index < -0.39 is 0 Å². The first kappa shape index (κ1) is 28.6. The Morgan fingerprint density at radius 3 is 1.32 bits per heavy atom. The van der Waals surface area contributed by atoms with Gasteiger partial charge in [0.05, 0.1) is 13.2 Å². The predicted molar refractivity (Wildman–Crippen MR) is 159 cm³/mol. The van der Waals surface area contributed by atoms with E-state index in [1.807, 2.05) is 0 Å². The van der Waals surface area contributed by atoms with Crippen molar-refractivity contribution in [3.05, 3.63) is 78.9 Å². The summed E-state index contributed by atoms with van der Waals surface area (Å²) in [6.07, 6.45) is 9.84. The highest BCUT2D eigenvalue weighted by Gasteiger charge is 2.14. The molecule has 0 aliphatic heterocycles. The molecule has 0 amide bonds. The molecule has 3 heteroatoms. The molecule has 0 saturated carbocycles. The lowest BCUT2D eigenvalue weighted by molar-refractivity contribution is 0.233. The summed E-state index contributed by atoms with van der Waals surface area (Å²) in [4.78, 5) is 2.28. The van der Waals surface area contributed by atoms with Crippen LogP contribution in [0.3, 0.4) is 0 Å². The molecule has 2 atom stereocenters. The van der Waals surface area contributed by atoms with Gasteiger partial charge in [0.15, 0.2) is 0 Å². The number of hydrogen-bond acceptors (Lipinski definition) is 3. The maximum absolute atomic E-state index is 6.16. The molecule has 2 unspecified atom stereocenters. The number of ether oxygens (including phenoxy) is 2. The van der Waals surface area contributed by atoms with Gasteiger partial charge >= 0.3 is 0 Å². The van der Waals surface area contributed by atoms with Gasteiger partial charge in [-0.3, -0.25) is 0 Å². The third-order valence-electron chi connectivity index (χ3n) is 7.26. The second-order valence-electron chi connectivity index (χ2n) is 10.1. The minimum Gasteiger partial charge on any atom is -0.493 e. The molecular formula is C34H47NO2. The van der Waals surface area contributed by atoms with Crippen LogP contribution in [0.2, 0.25) is 0 Å². The molecule has 0 N–H and O–H groups in total. The third kappa shape index (κ3) is 9.14. The minimum atomic E-state index is 0.625. The van der Waals surface area contributed by atoms with Crippen LogP contribution in [-0.2, 0) is 0 Å². The van der Waals surface area contributed by atoms with Gasteiger partial charge in [0.2, 0.25) is 0 Å². The van der Waals surface area contributed by atoms with Crippen molar-refractivity contribution in [1.82, 2.24) is 0 Å². The van der Waals surface area contributed by atoms with E-state index in [-0.39, 0.29) is 0 Å². The summed E-state index contributed by atoms with van der Waals surface area (Å²) < 4.78 is 12.3. The first-order valence-corrected chi connectivity index (χ1v) is 14.5. The van der Waals surface area contributed by atoms with Gasteiger partial charge in [-0.25, -0.2) is 0 Å². The Kier molecular flexibility index (Phi) is 12.4. The van der Waals surface area contributed by atoms with Crippen LogP contribution in [0.25, 0.3) is 0 Å². The van der Waals surface area contributed by atoms with Gasteiger partial charge < -0.3 is 14.4 Å². The molecule has 0 heterocycles. The zero-order valence-corrected chi connectivity index (χ0v) is 23.5. The molecule has 37 heavy (non-hydrogen) atoms. The molecule has 0 aliphatic carbocycles. The van der Waals surface area contributed by atoms with Crippen LogP contribution in [0.4, 0.5) is 17.1 Å². The molecule has 200 valence electrons. The Hall–Kier alpha value is -2.94. The highest BCUT2D eigenvalue weighted by molar-refractivity contribution is 5.76. The van der Waals surface area contributed by atoms with Gasteiger partial charge in [-0.15, -0.1) is 0 Å². The molecule has 0 aliphatic rings. The van der Waals surface area contributed by atoms with Crippen molar-refractivity contribution in [2.24, 2.45) is 11.8 Å². The molecule has 0 fully saturated rings. The molecule has 3 aromatic rings. The molecule has 3 rings (SSSR count). The van der Waals surface area contributed by atoms with Crippen LogP contribution in [0.5, 0.6) is 11.5 Å². The lowest BCUT2D eigenvalue weighted by Gasteiger charge is -2.26. The monoisotopic (exact) mass is 501 g/mol. The van der Waals surface area contributed by atoms with E-state index in [0.29, 0.717) is 11.8 Å².